The van der Waals surface area contributed by atoms with Gasteiger partial charge < -0.3 is 21.1 Å². The largest absolute Gasteiger partial charge is 0.477 e. The molecule has 2 aromatic heterocycles. The zero-order valence-electron chi connectivity index (χ0n) is 18.7. The van der Waals surface area contributed by atoms with Crippen molar-refractivity contribution in [2.75, 3.05) is 11.5 Å². The summed E-state index contributed by atoms with van der Waals surface area (Å²) in [4.78, 5) is 32.3. The Balaban J connectivity index is 1.86. The average molecular weight is 444 g/mol. The number of aromatic nitrogens is 3. The molecule has 0 unspecified atom stereocenters. The summed E-state index contributed by atoms with van der Waals surface area (Å²) in [6.07, 6.45) is 3.60. The van der Waals surface area contributed by atoms with Crippen molar-refractivity contribution in [3.8, 4) is 11.1 Å². The smallest absolute Gasteiger partial charge is 0.341 e. The molecule has 0 spiro atoms. The van der Waals surface area contributed by atoms with E-state index in [0.717, 1.165) is 33.4 Å². The number of pyridine rings is 1. The summed E-state index contributed by atoms with van der Waals surface area (Å²) in [5, 5.41) is 9.78. The van der Waals surface area contributed by atoms with Crippen LogP contribution in [0.1, 0.15) is 39.5 Å². The lowest BCUT2D eigenvalue weighted by Gasteiger charge is -2.16. The van der Waals surface area contributed by atoms with E-state index < -0.39 is 11.4 Å². The first kappa shape index (κ1) is 22.0. The second-order valence-electron chi connectivity index (χ2n) is 8.10. The summed E-state index contributed by atoms with van der Waals surface area (Å²) >= 11 is 0. The number of hydrogen-bond donors (Lipinski definition) is 3. The first-order chi connectivity index (χ1) is 15.7. The molecule has 4 aromatic rings. The van der Waals surface area contributed by atoms with Gasteiger partial charge in [-0.2, -0.15) is 4.98 Å². The Kier molecular flexibility index (Phi) is 5.59. The predicted octanol–water partition coefficient (Wildman–Crippen LogP) is 3.55. The van der Waals surface area contributed by atoms with Crippen molar-refractivity contribution in [2.45, 2.75) is 33.7 Å². The van der Waals surface area contributed by atoms with E-state index in [1.165, 1.54) is 6.20 Å². The molecular weight excluding hydrogens is 418 g/mol. The normalized spacial score (nSPS) is 11.1. The number of benzene rings is 2. The highest BCUT2D eigenvalue weighted by molar-refractivity contribution is 5.94. The molecule has 0 saturated carbocycles. The zero-order chi connectivity index (χ0) is 23.9. The van der Waals surface area contributed by atoms with Crippen molar-refractivity contribution < 1.29 is 9.90 Å². The predicted molar refractivity (Wildman–Crippen MR) is 129 cm³/mol. The van der Waals surface area contributed by atoms with E-state index in [2.05, 4.69) is 29.0 Å². The van der Waals surface area contributed by atoms with E-state index in [4.69, 9.17) is 11.5 Å². The second kappa shape index (κ2) is 8.38. The highest BCUT2D eigenvalue weighted by atomic mass is 16.4. The molecule has 0 fully saturated rings. The Bertz CT molecular complexity index is 1470. The first-order valence-electron chi connectivity index (χ1n) is 10.6. The summed E-state index contributed by atoms with van der Waals surface area (Å²) < 4.78 is 1.79. The van der Waals surface area contributed by atoms with Gasteiger partial charge in [0, 0.05) is 36.3 Å². The molecule has 33 heavy (non-hydrogen) atoms. The molecule has 0 bridgehead atoms. The molecule has 4 rings (SSSR count). The summed E-state index contributed by atoms with van der Waals surface area (Å²) in [7, 11) is 0. The van der Waals surface area contributed by atoms with E-state index in [9.17, 15) is 14.7 Å². The van der Waals surface area contributed by atoms with Crippen molar-refractivity contribution in [1.29, 1.82) is 0 Å². The minimum Gasteiger partial charge on any atom is -0.477 e. The highest BCUT2D eigenvalue weighted by Crippen LogP contribution is 2.30. The van der Waals surface area contributed by atoms with Gasteiger partial charge in [0.15, 0.2) is 0 Å². The fraction of sp³-hybridized carbons (Fsp3) is 0.200. The molecule has 8 heteroatoms. The van der Waals surface area contributed by atoms with Crippen LogP contribution in [0, 0.1) is 13.8 Å². The van der Waals surface area contributed by atoms with Gasteiger partial charge in [0.2, 0.25) is 11.4 Å². The molecule has 0 radical (unpaired) electrons. The van der Waals surface area contributed by atoms with Gasteiger partial charge in [-0.1, -0.05) is 18.2 Å². The van der Waals surface area contributed by atoms with Crippen LogP contribution in [0.2, 0.25) is 0 Å². The number of aryl methyl sites for hydroxylation is 2. The summed E-state index contributed by atoms with van der Waals surface area (Å²) in [5.74, 6) is -0.728. The van der Waals surface area contributed by atoms with Crippen LogP contribution in [0.15, 0.2) is 47.5 Å². The van der Waals surface area contributed by atoms with Gasteiger partial charge in [0.25, 0.3) is 0 Å². The van der Waals surface area contributed by atoms with Crippen LogP contribution in [-0.2, 0) is 13.0 Å². The molecule has 0 aliphatic heterocycles. The van der Waals surface area contributed by atoms with Crippen LogP contribution < -0.4 is 16.9 Å². The molecule has 0 aliphatic rings. The maximum Gasteiger partial charge on any atom is 0.341 e. The van der Waals surface area contributed by atoms with E-state index in [-0.39, 0.29) is 11.5 Å². The third-order valence-electron chi connectivity index (χ3n) is 6.00. The van der Waals surface area contributed by atoms with E-state index in [1.807, 2.05) is 26.0 Å². The molecule has 0 atom stereocenters. The van der Waals surface area contributed by atoms with E-state index >= 15 is 0 Å². The summed E-state index contributed by atoms with van der Waals surface area (Å²) in [6.45, 7) is 6.55. The molecular formula is C25H25N5O3. The number of anilines is 2. The highest BCUT2D eigenvalue weighted by Gasteiger charge is 2.16. The maximum absolute atomic E-state index is 12.7. The van der Waals surface area contributed by atoms with Crippen molar-refractivity contribution in [1.82, 2.24) is 14.5 Å². The summed E-state index contributed by atoms with van der Waals surface area (Å²) in [6, 6.07) is 9.72. The number of nitrogens with zero attached hydrogens (tertiary/aromatic N) is 3. The lowest BCUT2D eigenvalue weighted by Crippen LogP contribution is -2.18. The third-order valence-corrected chi connectivity index (χ3v) is 6.00. The number of nitrogen functional groups attached to an aromatic ring is 2. The molecule has 8 nitrogen and oxygen atoms in total. The van der Waals surface area contributed by atoms with Gasteiger partial charge in [-0.05, 0) is 60.7 Å². The number of carbonyl (C=O) groups is 1. The topological polar surface area (TPSA) is 137 Å². The maximum atomic E-state index is 12.7. The number of hydrogen-bond acceptors (Lipinski definition) is 6. The monoisotopic (exact) mass is 443 g/mol. The minimum absolute atomic E-state index is 0.140. The van der Waals surface area contributed by atoms with Gasteiger partial charge in [0.05, 0.1) is 5.52 Å². The van der Waals surface area contributed by atoms with Crippen molar-refractivity contribution >= 4 is 28.6 Å². The Hall–Kier alpha value is -4.20. The van der Waals surface area contributed by atoms with Gasteiger partial charge >= 0.3 is 5.97 Å². The number of fused-ring (bicyclic) bond motifs is 1. The minimum atomic E-state index is -1.22. The Morgan fingerprint density at radius 3 is 2.58 bits per heavy atom. The standard InChI is InChI=1S/C25H25N5O3/c1-4-30-12-20(24(32)33)22(31)18-6-5-16(10-21(18)30)19-9-15(7-13(2)14(19)3)8-17-11-28-25(27)29-23(17)26/h5-7,9-12H,4,8H2,1-3H3,(H,32,33)(H4,26,27,28,29). The number of aromatic carboxylic acids is 1. The van der Waals surface area contributed by atoms with Crippen molar-refractivity contribution in [3.05, 3.63) is 80.8 Å². The first-order valence-corrected chi connectivity index (χ1v) is 10.6. The Labute approximate surface area is 190 Å². The quantitative estimate of drug-likeness (QED) is 0.429. The molecule has 5 N–H and O–H groups in total. The number of carboxylic acid groups (broad SMARTS) is 1. The van der Waals surface area contributed by atoms with Crippen LogP contribution in [0.25, 0.3) is 22.0 Å². The van der Waals surface area contributed by atoms with Crippen molar-refractivity contribution in [2.24, 2.45) is 0 Å². The molecule has 0 aliphatic carbocycles. The van der Waals surface area contributed by atoms with E-state index in [1.54, 1.807) is 16.8 Å². The van der Waals surface area contributed by atoms with Gasteiger partial charge in [-0.3, -0.25) is 4.79 Å². The molecule has 0 saturated heterocycles. The number of rotatable bonds is 5. The molecule has 0 amide bonds. The Morgan fingerprint density at radius 2 is 1.91 bits per heavy atom. The van der Waals surface area contributed by atoms with Crippen LogP contribution in [0.5, 0.6) is 0 Å². The fourth-order valence-corrected chi connectivity index (χ4v) is 4.10. The summed E-state index contributed by atoms with van der Waals surface area (Å²) in [5.41, 5.74) is 17.7. The van der Waals surface area contributed by atoms with Crippen LogP contribution >= 0.6 is 0 Å². The molecule has 168 valence electrons. The lowest BCUT2D eigenvalue weighted by molar-refractivity contribution is 0.0695. The lowest BCUT2D eigenvalue weighted by atomic mass is 9.92. The zero-order valence-corrected chi connectivity index (χ0v) is 18.7. The van der Waals surface area contributed by atoms with Gasteiger partial charge in [0.1, 0.15) is 11.4 Å². The molecule has 2 aromatic carbocycles. The fourth-order valence-electron chi connectivity index (χ4n) is 4.10. The van der Waals surface area contributed by atoms with E-state index in [0.29, 0.717) is 29.7 Å². The van der Waals surface area contributed by atoms with Crippen LogP contribution in [0.4, 0.5) is 11.8 Å². The second-order valence-corrected chi connectivity index (χ2v) is 8.10. The van der Waals surface area contributed by atoms with Crippen molar-refractivity contribution in [3.63, 3.8) is 0 Å². The van der Waals surface area contributed by atoms with Gasteiger partial charge in [-0.15, -0.1) is 0 Å². The molecule has 2 heterocycles. The van der Waals surface area contributed by atoms with Gasteiger partial charge in [-0.25, -0.2) is 9.78 Å². The van der Waals surface area contributed by atoms with Crippen LogP contribution in [-0.4, -0.2) is 25.6 Å². The Morgan fingerprint density at radius 1 is 1.15 bits per heavy atom. The third kappa shape index (κ3) is 4.03. The van der Waals surface area contributed by atoms with Crippen LogP contribution in [0.3, 0.4) is 0 Å². The number of nitrogens with two attached hydrogens (primary N) is 2. The SMILES string of the molecule is CCn1cc(C(=O)O)c(=O)c2ccc(-c3cc(Cc4cnc(N)nc4N)cc(C)c3C)cc21. The average Bonchev–Trinajstić information content (AvgIpc) is 2.77. The number of carboxylic acids is 1.